The van der Waals surface area contributed by atoms with E-state index in [9.17, 15) is 0 Å². The average molecular weight is 126 g/mol. The summed E-state index contributed by atoms with van der Waals surface area (Å²) in [5.74, 6) is 0. The van der Waals surface area contributed by atoms with Crippen molar-refractivity contribution in [3.8, 4) is 0 Å². The summed E-state index contributed by atoms with van der Waals surface area (Å²) >= 11 is 0. The van der Waals surface area contributed by atoms with Gasteiger partial charge in [-0.05, 0) is 19.8 Å². The van der Waals surface area contributed by atoms with Crippen LogP contribution in [0.3, 0.4) is 0 Å². The molecule has 1 aliphatic rings. The number of allylic oxidation sites excluding steroid dienone is 1. The van der Waals surface area contributed by atoms with E-state index in [0.717, 1.165) is 6.61 Å². The first-order valence-electron chi connectivity index (χ1n) is 3.50. The molecule has 1 nitrogen and oxygen atoms in total. The van der Waals surface area contributed by atoms with Gasteiger partial charge in [-0.25, -0.2) is 0 Å². The van der Waals surface area contributed by atoms with Crippen molar-refractivity contribution in [2.75, 3.05) is 6.61 Å². The SMILES string of the molecule is C/C=C/OCC1(C)CC1. The highest BCUT2D eigenvalue weighted by molar-refractivity contribution is 4.88. The molecule has 1 heteroatoms. The average Bonchev–Trinajstić information content (AvgIpc) is 2.50. The molecule has 1 saturated carbocycles. The van der Waals surface area contributed by atoms with Gasteiger partial charge in [-0.1, -0.05) is 13.0 Å². The van der Waals surface area contributed by atoms with Crippen molar-refractivity contribution in [1.29, 1.82) is 0 Å². The molecule has 52 valence electrons. The maximum Gasteiger partial charge on any atom is 0.0926 e. The van der Waals surface area contributed by atoms with E-state index in [4.69, 9.17) is 4.74 Å². The molecule has 0 aromatic rings. The van der Waals surface area contributed by atoms with Gasteiger partial charge in [-0.2, -0.15) is 0 Å². The van der Waals surface area contributed by atoms with Crippen LogP contribution in [0.25, 0.3) is 0 Å². The molecule has 0 spiro atoms. The summed E-state index contributed by atoms with van der Waals surface area (Å²) in [7, 11) is 0. The van der Waals surface area contributed by atoms with Crippen LogP contribution in [0.1, 0.15) is 26.7 Å². The van der Waals surface area contributed by atoms with Crippen molar-refractivity contribution >= 4 is 0 Å². The maximum atomic E-state index is 5.23. The summed E-state index contributed by atoms with van der Waals surface area (Å²) in [4.78, 5) is 0. The fourth-order valence-electron chi connectivity index (χ4n) is 0.703. The molecule has 0 N–H and O–H groups in total. The van der Waals surface area contributed by atoms with Gasteiger partial charge >= 0.3 is 0 Å². The molecule has 1 aliphatic carbocycles. The van der Waals surface area contributed by atoms with E-state index in [1.54, 1.807) is 6.26 Å². The van der Waals surface area contributed by atoms with Crippen molar-refractivity contribution in [3.05, 3.63) is 12.3 Å². The van der Waals surface area contributed by atoms with Gasteiger partial charge in [0.25, 0.3) is 0 Å². The van der Waals surface area contributed by atoms with Crippen molar-refractivity contribution in [1.82, 2.24) is 0 Å². The predicted molar refractivity (Wildman–Crippen MR) is 38.1 cm³/mol. The zero-order valence-electron chi connectivity index (χ0n) is 6.18. The Balaban J connectivity index is 2.05. The lowest BCUT2D eigenvalue weighted by atomic mass is 10.2. The Morgan fingerprint density at radius 1 is 1.56 bits per heavy atom. The van der Waals surface area contributed by atoms with Gasteiger partial charge in [0.05, 0.1) is 12.9 Å². The minimum atomic E-state index is 0.527. The van der Waals surface area contributed by atoms with E-state index in [-0.39, 0.29) is 0 Å². The normalized spacial score (nSPS) is 22.4. The second-order valence-electron chi connectivity index (χ2n) is 3.09. The van der Waals surface area contributed by atoms with Crippen LogP contribution in [0.15, 0.2) is 12.3 Å². The zero-order valence-corrected chi connectivity index (χ0v) is 6.18. The number of rotatable bonds is 3. The summed E-state index contributed by atoms with van der Waals surface area (Å²) in [5, 5.41) is 0. The topological polar surface area (TPSA) is 9.23 Å². The molecule has 0 heterocycles. The third-order valence-corrected chi connectivity index (χ3v) is 1.77. The number of ether oxygens (including phenoxy) is 1. The molecule has 0 bridgehead atoms. The Labute approximate surface area is 56.7 Å². The standard InChI is InChI=1S/C8H14O/c1-3-6-9-7-8(2)4-5-8/h3,6H,4-5,7H2,1-2H3/b6-3+. The second-order valence-corrected chi connectivity index (χ2v) is 3.09. The molecule has 0 saturated heterocycles. The Bertz CT molecular complexity index is 112. The largest absolute Gasteiger partial charge is 0.501 e. The number of hydrogen-bond acceptors (Lipinski definition) is 1. The Morgan fingerprint density at radius 3 is 2.67 bits per heavy atom. The molecule has 0 aliphatic heterocycles. The van der Waals surface area contributed by atoms with Crippen LogP contribution in [0.2, 0.25) is 0 Å². The Morgan fingerprint density at radius 2 is 2.22 bits per heavy atom. The minimum absolute atomic E-state index is 0.527. The maximum absolute atomic E-state index is 5.23. The Kier molecular flexibility index (Phi) is 1.79. The van der Waals surface area contributed by atoms with Crippen LogP contribution in [0, 0.1) is 5.41 Å². The first-order valence-corrected chi connectivity index (χ1v) is 3.50. The van der Waals surface area contributed by atoms with Crippen LogP contribution in [0.5, 0.6) is 0 Å². The van der Waals surface area contributed by atoms with Gasteiger partial charge in [0.15, 0.2) is 0 Å². The van der Waals surface area contributed by atoms with Gasteiger partial charge in [0.2, 0.25) is 0 Å². The van der Waals surface area contributed by atoms with Gasteiger partial charge in [-0.15, -0.1) is 0 Å². The molecule has 0 unspecified atom stereocenters. The molecule has 1 rings (SSSR count). The van der Waals surface area contributed by atoms with Crippen molar-refractivity contribution < 1.29 is 4.74 Å². The third kappa shape index (κ3) is 2.08. The summed E-state index contributed by atoms with van der Waals surface area (Å²) in [5.41, 5.74) is 0.527. The summed E-state index contributed by atoms with van der Waals surface area (Å²) in [6.07, 6.45) is 6.37. The van der Waals surface area contributed by atoms with Crippen LogP contribution >= 0.6 is 0 Å². The number of hydrogen-bond donors (Lipinski definition) is 0. The van der Waals surface area contributed by atoms with Crippen LogP contribution < -0.4 is 0 Å². The lowest BCUT2D eigenvalue weighted by Gasteiger charge is -2.05. The van der Waals surface area contributed by atoms with Crippen LogP contribution in [0.4, 0.5) is 0 Å². The van der Waals surface area contributed by atoms with E-state index >= 15 is 0 Å². The van der Waals surface area contributed by atoms with E-state index in [2.05, 4.69) is 6.92 Å². The van der Waals surface area contributed by atoms with Gasteiger partial charge in [0.1, 0.15) is 0 Å². The lowest BCUT2D eigenvalue weighted by molar-refractivity contribution is 0.191. The molecule has 0 aromatic carbocycles. The van der Waals surface area contributed by atoms with E-state index < -0.39 is 0 Å². The van der Waals surface area contributed by atoms with Crippen molar-refractivity contribution in [3.63, 3.8) is 0 Å². The monoisotopic (exact) mass is 126 g/mol. The summed E-state index contributed by atoms with van der Waals surface area (Å²) in [6, 6.07) is 0. The van der Waals surface area contributed by atoms with Crippen LogP contribution in [-0.4, -0.2) is 6.61 Å². The summed E-state index contributed by atoms with van der Waals surface area (Å²) < 4.78 is 5.23. The molecular weight excluding hydrogens is 112 g/mol. The molecule has 0 amide bonds. The van der Waals surface area contributed by atoms with E-state index in [1.807, 2.05) is 13.0 Å². The fourth-order valence-corrected chi connectivity index (χ4v) is 0.703. The lowest BCUT2D eigenvalue weighted by Crippen LogP contribution is -2.01. The molecule has 0 aromatic heterocycles. The fraction of sp³-hybridized carbons (Fsp3) is 0.750. The molecular formula is C8H14O. The molecule has 0 atom stereocenters. The molecule has 9 heavy (non-hydrogen) atoms. The smallest absolute Gasteiger partial charge is 0.0926 e. The minimum Gasteiger partial charge on any atom is -0.501 e. The van der Waals surface area contributed by atoms with Crippen molar-refractivity contribution in [2.45, 2.75) is 26.7 Å². The van der Waals surface area contributed by atoms with Crippen molar-refractivity contribution in [2.24, 2.45) is 5.41 Å². The van der Waals surface area contributed by atoms with E-state index in [0.29, 0.717) is 5.41 Å². The summed E-state index contributed by atoms with van der Waals surface area (Å²) in [6.45, 7) is 5.13. The highest BCUT2D eigenvalue weighted by atomic mass is 16.5. The first kappa shape index (κ1) is 6.66. The van der Waals surface area contributed by atoms with Crippen LogP contribution in [-0.2, 0) is 4.74 Å². The van der Waals surface area contributed by atoms with E-state index in [1.165, 1.54) is 12.8 Å². The highest BCUT2D eigenvalue weighted by Crippen LogP contribution is 2.44. The Hall–Kier alpha value is -0.460. The predicted octanol–water partition coefficient (Wildman–Crippen LogP) is 2.34. The van der Waals surface area contributed by atoms with Gasteiger partial charge in [0, 0.05) is 5.41 Å². The highest BCUT2D eigenvalue weighted by Gasteiger charge is 2.37. The molecule has 1 fully saturated rings. The molecule has 0 radical (unpaired) electrons. The van der Waals surface area contributed by atoms with Gasteiger partial charge in [-0.3, -0.25) is 0 Å². The quantitative estimate of drug-likeness (QED) is 0.527. The first-order chi connectivity index (χ1) is 4.27. The second kappa shape index (κ2) is 2.42. The van der Waals surface area contributed by atoms with Gasteiger partial charge < -0.3 is 4.74 Å². The zero-order chi connectivity index (χ0) is 6.74. The third-order valence-electron chi connectivity index (χ3n) is 1.77.